The molecule has 0 heterocycles. The standard InChI is InChI=1S/C12H17F3N2/c1-9(5-6-16)17-8-10-3-2-4-11(7-10)12(13,14)15/h2-4,7,9,17H,5-6,8,16H2,1H3. The highest BCUT2D eigenvalue weighted by Crippen LogP contribution is 2.29. The van der Waals surface area contributed by atoms with Gasteiger partial charge >= 0.3 is 6.18 Å². The highest BCUT2D eigenvalue weighted by molar-refractivity contribution is 5.25. The van der Waals surface area contributed by atoms with Gasteiger partial charge in [0.1, 0.15) is 0 Å². The molecular weight excluding hydrogens is 229 g/mol. The second-order valence-corrected chi connectivity index (χ2v) is 4.06. The summed E-state index contributed by atoms with van der Waals surface area (Å²) in [4.78, 5) is 0. The average molecular weight is 246 g/mol. The molecule has 1 rings (SSSR count). The predicted octanol–water partition coefficient (Wildman–Crippen LogP) is 2.53. The van der Waals surface area contributed by atoms with Crippen LogP contribution in [0.2, 0.25) is 0 Å². The van der Waals surface area contributed by atoms with Crippen LogP contribution in [-0.4, -0.2) is 12.6 Å². The molecule has 3 N–H and O–H groups in total. The van der Waals surface area contributed by atoms with Crippen LogP contribution in [0.4, 0.5) is 13.2 Å². The first-order valence-electron chi connectivity index (χ1n) is 5.53. The maximum absolute atomic E-state index is 12.5. The van der Waals surface area contributed by atoms with Crippen molar-refractivity contribution in [2.24, 2.45) is 5.73 Å². The molecule has 0 radical (unpaired) electrons. The molecule has 1 atom stereocenters. The Balaban J connectivity index is 2.60. The van der Waals surface area contributed by atoms with Crippen molar-refractivity contribution in [1.82, 2.24) is 5.32 Å². The predicted molar refractivity (Wildman–Crippen MR) is 61.4 cm³/mol. The summed E-state index contributed by atoms with van der Waals surface area (Å²) >= 11 is 0. The van der Waals surface area contributed by atoms with Gasteiger partial charge in [-0.3, -0.25) is 0 Å². The van der Waals surface area contributed by atoms with Gasteiger partial charge in [-0.25, -0.2) is 0 Å². The zero-order chi connectivity index (χ0) is 12.9. The summed E-state index contributed by atoms with van der Waals surface area (Å²) in [6.07, 6.45) is -3.47. The van der Waals surface area contributed by atoms with Crippen LogP contribution >= 0.6 is 0 Å². The Labute approximate surface area is 99.0 Å². The van der Waals surface area contributed by atoms with Gasteiger partial charge in [-0.1, -0.05) is 18.2 Å². The van der Waals surface area contributed by atoms with Gasteiger partial charge < -0.3 is 11.1 Å². The molecule has 0 saturated heterocycles. The SMILES string of the molecule is CC(CCN)NCc1cccc(C(F)(F)F)c1. The number of hydrogen-bond acceptors (Lipinski definition) is 2. The van der Waals surface area contributed by atoms with Crippen molar-refractivity contribution in [2.75, 3.05) is 6.54 Å². The first-order valence-corrected chi connectivity index (χ1v) is 5.53. The molecule has 1 unspecified atom stereocenters. The fraction of sp³-hybridized carbons (Fsp3) is 0.500. The molecule has 96 valence electrons. The second kappa shape index (κ2) is 6.02. The second-order valence-electron chi connectivity index (χ2n) is 4.06. The van der Waals surface area contributed by atoms with E-state index in [2.05, 4.69) is 5.32 Å². The smallest absolute Gasteiger partial charge is 0.330 e. The lowest BCUT2D eigenvalue weighted by molar-refractivity contribution is -0.137. The number of benzene rings is 1. The van der Waals surface area contributed by atoms with Crippen molar-refractivity contribution in [1.29, 1.82) is 0 Å². The molecule has 0 bridgehead atoms. The summed E-state index contributed by atoms with van der Waals surface area (Å²) in [5.74, 6) is 0. The lowest BCUT2D eigenvalue weighted by Crippen LogP contribution is -2.27. The lowest BCUT2D eigenvalue weighted by atomic mass is 10.1. The van der Waals surface area contributed by atoms with Crippen molar-refractivity contribution in [3.8, 4) is 0 Å². The zero-order valence-corrected chi connectivity index (χ0v) is 9.72. The summed E-state index contributed by atoms with van der Waals surface area (Å²) in [6, 6.07) is 5.55. The first kappa shape index (κ1) is 14.0. The van der Waals surface area contributed by atoms with Gasteiger partial charge in [0.05, 0.1) is 5.56 Å². The van der Waals surface area contributed by atoms with Gasteiger partial charge in [0.25, 0.3) is 0 Å². The molecule has 0 amide bonds. The van der Waals surface area contributed by atoms with E-state index in [0.717, 1.165) is 12.5 Å². The highest BCUT2D eigenvalue weighted by Gasteiger charge is 2.30. The number of hydrogen-bond donors (Lipinski definition) is 2. The van der Waals surface area contributed by atoms with Crippen LogP contribution in [0.15, 0.2) is 24.3 Å². The van der Waals surface area contributed by atoms with Gasteiger partial charge in [0.15, 0.2) is 0 Å². The third-order valence-electron chi connectivity index (χ3n) is 2.51. The Morgan fingerprint density at radius 1 is 1.35 bits per heavy atom. The third-order valence-corrected chi connectivity index (χ3v) is 2.51. The molecule has 0 fully saturated rings. The quantitative estimate of drug-likeness (QED) is 0.837. The zero-order valence-electron chi connectivity index (χ0n) is 9.72. The van der Waals surface area contributed by atoms with Gasteiger partial charge in [-0.15, -0.1) is 0 Å². The number of nitrogens with two attached hydrogens (primary N) is 1. The summed E-state index contributed by atoms with van der Waals surface area (Å²) in [5.41, 5.74) is 5.41. The van der Waals surface area contributed by atoms with Crippen LogP contribution in [0.25, 0.3) is 0 Å². The van der Waals surface area contributed by atoms with E-state index >= 15 is 0 Å². The van der Waals surface area contributed by atoms with Gasteiger partial charge in [-0.05, 0) is 31.5 Å². The minimum absolute atomic E-state index is 0.203. The molecule has 1 aromatic carbocycles. The monoisotopic (exact) mass is 246 g/mol. The van der Waals surface area contributed by atoms with E-state index in [0.29, 0.717) is 18.7 Å². The molecular formula is C12H17F3N2. The molecule has 0 aliphatic heterocycles. The lowest BCUT2D eigenvalue weighted by Gasteiger charge is -2.13. The summed E-state index contributed by atoms with van der Waals surface area (Å²) in [5, 5.41) is 3.13. The van der Waals surface area contributed by atoms with Crippen molar-refractivity contribution >= 4 is 0 Å². The highest BCUT2D eigenvalue weighted by atomic mass is 19.4. The van der Waals surface area contributed by atoms with Crippen molar-refractivity contribution < 1.29 is 13.2 Å². The number of rotatable bonds is 5. The fourth-order valence-corrected chi connectivity index (χ4v) is 1.50. The fourth-order valence-electron chi connectivity index (χ4n) is 1.50. The number of halogens is 3. The van der Waals surface area contributed by atoms with Gasteiger partial charge in [0, 0.05) is 12.6 Å². The number of nitrogens with one attached hydrogen (secondary N) is 1. The molecule has 2 nitrogen and oxygen atoms in total. The van der Waals surface area contributed by atoms with E-state index in [4.69, 9.17) is 5.73 Å². The van der Waals surface area contributed by atoms with E-state index in [-0.39, 0.29) is 6.04 Å². The van der Waals surface area contributed by atoms with E-state index in [9.17, 15) is 13.2 Å². The van der Waals surface area contributed by atoms with Crippen LogP contribution in [0.1, 0.15) is 24.5 Å². The average Bonchev–Trinajstić information content (AvgIpc) is 2.26. The molecule has 17 heavy (non-hydrogen) atoms. The van der Waals surface area contributed by atoms with Crippen LogP contribution < -0.4 is 11.1 Å². The third kappa shape index (κ3) is 4.75. The van der Waals surface area contributed by atoms with Crippen LogP contribution in [0.3, 0.4) is 0 Å². The van der Waals surface area contributed by atoms with Crippen molar-refractivity contribution in [3.05, 3.63) is 35.4 Å². The molecule has 5 heteroatoms. The molecule has 0 aromatic heterocycles. The van der Waals surface area contributed by atoms with Gasteiger partial charge in [0.2, 0.25) is 0 Å². The Hall–Kier alpha value is -1.07. The largest absolute Gasteiger partial charge is 0.416 e. The molecule has 0 saturated carbocycles. The molecule has 0 spiro atoms. The van der Waals surface area contributed by atoms with Crippen LogP contribution in [0.5, 0.6) is 0 Å². The Morgan fingerprint density at radius 3 is 2.65 bits per heavy atom. The summed E-state index contributed by atoms with van der Waals surface area (Å²) < 4.78 is 37.4. The maximum Gasteiger partial charge on any atom is 0.416 e. The molecule has 0 aliphatic rings. The van der Waals surface area contributed by atoms with E-state index in [1.807, 2.05) is 6.92 Å². The summed E-state index contributed by atoms with van der Waals surface area (Å²) in [7, 11) is 0. The minimum Gasteiger partial charge on any atom is -0.330 e. The first-order chi connectivity index (χ1) is 7.93. The Kier molecular flexibility index (Phi) is 4.96. The van der Waals surface area contributed by atoms with Crippen LogP contribution in [-0.2, 0) is 12.7 Å². The van der Waals surface area contributed by atoms with E-state index < -0.39 is 11.7 Å². The Morgan fingerprint density at radius 2 is 2.06 bits per heavy atom. The Bertz CT molecular complexity index is 350. The normalized spacial score (nSPS) is 13.7. The van der Waals surface area contributed by atoms with Crippen molar-refractivity contribution in [3.63, 3.8) is 0 Å². The van der Waals surface area contributed by atoms with Crippen molar-refractivity contribution in [2.45, 2.75) is 32.1 Å². The van der Waals surface area contributed by atoms with E-state index in [1.165, 1.54) is 12.1 Å². The van der Waals surface area contributed by atoms with Gasteiger partial charge in [-0.2, -0.15) is 13.2 Å². The number of alkyl halides is 3. The van der Waals surface area contributed by atoms with Crippen LogP contribution in [0, 0.1) is 0 Å². The maximum atomic E-state index is 12.5. The molecule has 0 aliphatic carbocycles. The minimum atomic E-state index is -4.28. The molecule has 1 aromatic rings. The summed E-state index contributed by atoms with van der Waals surface area (Å²) in [6.45, 7) is 2.95. The topological polar surface area (TPSA) is 38.0 Å². The van der Waals surface area contributed by atoms with E-state index in [1.54, 1.807) is 6.07 Å².